The maximum Gasteiger partial charge on any atom is 0.330 e. The number of benzene rings is 2. The van der Waals surface area contributed by atoms with Crippen molar-refractivity contribution in [3.05, 3.63) is 58.1 Å². The molecule has 0 unspecified atom stereocenters. The Morgan fingerprint density at radius 2 is 1.86 bits per heavy atom. The Balaban J connectivity index is 1.82. The molecule has 0 aliphatic heterocycles. The van der Waals surface area contributed by atoms with Crippen molar-refractivity contribution in [2.45, 2.75) is 0 Å². The fourth-order valence-corrected chi connectivity index (χ4v) is 2.58. The van der Waals surface area contributed by atoms with Gasteiger partial charge in [-0.05, 0) is 42.0 Å². The molecule has 0 aliphatic rings. The Morgan fingerprint density at radius 3 is 2.57 bits per heavy atom. The van der Waals surface area contributed by atoms with Crippen molar-refractivity contribution in [1.29, 1.82) is 5.26 Å². The molecule has 0 fully saturated rings. The number of rotatable bonds is 9. The molecule has 0 bridgehead atoms. The van der Waals surface area contributed by atoms with Gasteiger partial charge in [-0.1, -0.05) is 29.3 Å². The van der Waals surface area contributed by atoms with E-state index in [2.05, 4.69) is 0 Å². The van der Waals surface area contributed by atoms with Gasteiger partial charge in [0.25, 0.3) is 0 Å². The number of nitrogens with zero attached hydrogens (tertiary/aromatic N) is 1. The van der Waals surface area contributed by atoms with Crippen LogP contribution in [0.5, 0.6) is 17.2 Å². The third-order valence-corrected chi connectivity index (χ3v) is 3.90. The third kappa shape index (κ3) is 6.69. The van der Waals surface area contributed by atoms with E-state index >= 15 is 0 Å². The van der Waals surface area contributed by atoms with Crippen LogP contribution >= 0.6 is 23.2 Å². The number of carbonyl (C=O) groups is 1. The molecule has 0 spiro atoms. The minimum Gasteiger partial charge on any atom is -0.493 e. The summed E-state index contributed by atoms with van der Waals surface area (Å²) in [5.41, 5.74) is 0.710. The summed E-state index contributed by atoms with van der Waals surface area (Å²) < 4.78 is 21.0. The molecule has 2 aromatic carbocycles. The van der Waals surface area contributed by atoms with Gasteiger partial charge in [0.1, 0.15) is 25.0 Å². The molecule has 0 saturated carbocycles. The first-order chi connectivity index (χ1) is 13.5. The van der Waals surface area contributed by atoms with Gasteiger partial charge in [-0.15, -0.1) is 0 Å². The van der Waals surface area contributed by atoms with Gasteiger partial charge < -0.3 is 18.9 Å². The van der Waals surface area contributed by atoms with E-state index in [1.165, 1.54) is 13.2 Å². The van der Waals surface area contributed by atoms with Crippen molar-refractivity contribution in [3.63, 3.8) is 0 Å². The van der Waals surface area contributed by atoms with Crippen LogP contribution in [-0.4, -0.2) is 32.9 Å². The molecule has 0 saturated heterocycles. The van der Waals surface area contributed by atoms with Gasteiger partial charge in [0.2, 0.25) is 0 Å². The zero-order valence-electron chi connectivity index (χ0n) is 15.0. The highest BCUT2D eigenvalue weighted by molar-refractivity contribution is 6.35. The van der Waals surface area contributed by atoms with Crippen molar-refractivity contribution in [2.75, 3.05) is 26.9 Å². The Kier molecular flexibility index (Phi) is 8.47. The van der Waals surface area contributed by atoms with E-state index in [1.54, 1.807) is 42.5 Å². The second kappa shape index (κ2) is 11.1. The molecule has 0 amide bonds. The van der Waals surface area contributed by atoms with Crippen LogP contribution in [0.3, 0.4) is 0 Å². The summed E-state index contributed by atoms with van der Waals surface area (Å²) >= 11 is 11.8. The maximum atomic E-state index is 11.8. The Bertz CT molecular complexity index is 893. The largest absolute Gasteiger partial charge is 0.493 e. The Labute approximate surface area is 172 Å². The SMILES string of the molecule is COc1cc(C=CC(=O)OCCOc2ccc(Cl)cc2Cl)ccc1OCC#N. The summed E-state index contributed by atoms with van der Waals surface area (Å²) in [5.74, 6) is 0.846. The zero-order chi connectivity index (χ0) is 20.4. The molecular formula is C20H17Cl2NO5. The second-order valence-electron chi connectivity index (χ2n) is 5.28. The highest BCUT2D eigenvalue weighted by Crippen LogP contribution is 2.29. The monoisotopic (exact) mass is 421 g/mol. The van der Waals surface area contributed by atoms with E-state index in [0.717, 1.165) is 0 Å². The fraction of sp³-hybridized carbons (Fsp3) is 0.200. The molecule has 6 nitrogen and oxygen atoms in total. The van der Waals surface area contributed by atoms with Gasteiger partial charge in [-0.2, -0.15) is 5.26 Å². The summed E-state index contributed by atoms with van der Waals surface area (Å²) in [5, 5.41) is 9.46. The first kappa shape index (κ1) is 21.4. The number of halogens is 2. The van der Waals surface area contributed by atoms with Crippen LogP contribution in [0.2, 0.25) is 10.0 Å². The summed E-state index contributed by atoms with van der Waals surface area (Å²) in [6.45, 7) is 0.132. The van der Waals surface area contributed by atoms with E-state index in [-0.39, 0.29) is 19.8 Å². The molecular weight excluding hydrogens is 405 g/mol. The molecule has 28 heavy (non-hydrogen) atoms. The minimum atomic E-state index is -0.519. The van der Waals surface area contributed by atoms with E-state index in [4.69, 9.17) is 47.4 Å². The standard InChI is InChI=1S/C20H17Cl2NO5/c1-25-19-12-14(2-5-18(19)26-9-8-23)3-7-20(24)28-11-10-27-17-6-4-15(21)13-16(17)22/h2-7,12-13H,9-11H2,1H3. The zero-order valence-corrected chi connectivity index (χ0v) is 16.5. The van der Waals surface area contributed by atoms with Gasteiger partial charge in [0.15, 0.2) is 18.1 Å². The van der Waals surface area contributed by atoms with E-state index in [9.17, 15) is 4.79 Å². The molecule has 0 atom stereocenters. The van der Waals surface area contributed by atoms with Gasteiger partial charge in [0, 0.05) is 11.1 Å². The predicted molar refractivity (Wildman–Crippen MR) is 106 cm³/mol. The van der Waals surface area contributed by atoms with Crippen molar-refractivity contribution in [3.8, 4) is 23.3 Å². The summed E-state index contributed by atoms with van der Waals surface area (Å²) in [4.78, 5) is 11.8. The van der Waals surface area contributed by atoms with E-state index in [1.807, 2.05) is 6.07 Å². The fourth-order valence-electron chi connectivity index (χ4n) is 2.12. The number of ether oxygens (including phenoxy) is 4. The van der Waals surface area contributed by atoms with Crippen molar-refractivity contribution < 1.29 is 23.7 Å². The average Bonchev–Trinajstić information content (AvgIpc) is 2.69. The lowest BCUT2D eigenvalue weighted by Gasteiger charge is -2.09. The molecule has 0 N–H and O–H groups in total. The lowest BCUT2D eigenvalue weighted by Crippen LogP contribution is -2.10. The topological polar surface area (TPSA) is 77.8 Å². The van der Waals surface area contributed by atoms with Crippen LogP contribution in [0.15, 0.2) is 42.5 Å². The van der Waals surface area contributed by atoms with Gasteiger partial charge in [-0.3, -0.25) is 0 Å². The Morgan fingerprint density at radius 1 is 1.07 bits per heavy atom. The Hall–Kier alpha value is -2.88. The number of hydrogen-bond acceptors (Lipinski definition) is 6. The molecule has 8 heteroatoms. The summed E-state index contributed by atoms with van der Waals surface area (Å²) in [7, 11) is 1.49. The van der Waals surface area contributed by atoms with Gasteiger partial charge in [0.05, 0.1) is 12.1 Å². The van der Waals surface area contributed by atoms with Crippen LogP contribution in [0.1, 0.15) is 5.56 Å². The van der Waals surface area contributed by atoms with E-state index in [0.29, 0.717) is 32.9 Å². The molecule has 146 valence electrons. The quantitative estimate of drug-likeness (QED) is 0.336. The van der Waals surface area contributed by atoms with Crippen molar-refractivity contribution in [2.24, 2.45) is 0 Å². The number of esters is 1. The van der Waals surface area contributed by atoms with Gasteiger partial charge in [-0.25, -0.2) is 4.79 Å². The number of hydrogen-bond donors (Lipinski definition) is 0. The van der Waals surface area contributed by atoms with Crippen LogP contribution in [-0.2, 0) is 9.53 Å². The van der Waals surface area contributed by atoms with Crippen LogP contribution in [0.4, 0.5) is 0 Å². The van der Waals surface area contributed by atoms with Gasteiger partial charge >= 0.3 is 5.97 Å². The highest BCUT2D eigenvalue weighted by atomic mass is 35.5. The lowest BCUT2D eigenvalue weighted by molar-refractivity contribution is -0.138. The molecule has 2 rings (SSSR count). The number of carbonyl (C=O) groups excluding carboxylic acids is 1. The van der Waals surface area contributed by atoms with E-state index < -0.39 is 5.97 Å². The average molecular weight is 422 g/mol. The first-order valence-electron chi connectivity index (χ1n) is 8.14. The first-order valence-corrected chi connectivity index (χ1v) is 8.89. The lowest BCUT2D eigenvalue weighted by atomic mass is 10.2. The predicted octanol–water partition coefficient (Wildman–Crippen LogP) is 4.54. The minimum absolute atomic E-state index is 0.0619. The number of methoxy groups -OCH3 is 1. The normalized spacial score (nSPS) is 10.4. The van der Waals surface area contributed by atoms with Crippen molar-refractivity contribution >= 4 is 35.2 Å². The summed E-state index contributed by atoms with van der Waals surface area (Å²) in [6.07, 6.45) is 2.87. The smallest absolute Gasteiger partial charge is 0.330 e. The summed E-state index contributed by atoms with van der Waals surface area (Å²) in [6, 6.07) is 11.8. The molecule has 0 aliphatic carbocycles. The van der Waals surface area contributed by atoms with Crippen LogP contribution in [0.25, 0.3) is 6.08 Å². The van der Waals surface area contributed by atoms with Crippen molar-refractivity contribution in [1.82, 2.24) is 0 Å². The molecule has 0 heterocycles. The number of nitriles is 1. The maximum absolute atomic E-state index is 11.8. The molecule has 2 aromatic rings. The third-order valence-electron chi connectivity index (χ3n) is 3.37. The van der Waals surface area contributed by atoms with Crippen LogP contribution in [0, 0.1) is 11.3 Å². The molecule has 0 aromatic heterocycles. The second-order valence-corrected chi connectivity index (χ2v) is 6.12. The molecule has 0 radical (unpaired) electrons. The van der Waals surface area contributed by atoms with Crippen LogP contribution < -0.4 is 14.2 Å². The highest BCUT2D eigenvalue weighted by Gasteiger charge is 2.06.